The van der Waals surface area contributed by atoms with Gasteiger partial charge in [0.05, 0.1) is 0 Å². The van der Waals surface area contributed by atoms with Gasteiger partial charge >= 0.3 is 0 Å². The molecule has 2 rings (SSSR count). The average molecular weight is 241 g/mol. The summed E-state index contributed by atoms with van der Waals surface area (Å²) in [5.41, 5.74) is 0. The molecule has 0 aromatic heterocycles. The highest BCUT2D eigenvalue weighted by Crippen LogP contribution is 2.33. The van der Waals surface area contributed by atoms with Crippen LogP contribution in [0.25, 0.3) is 0 Å². The molecular formula is C16H35N. The van der Waals surface area contributed by atoms with Crippen LogP contribution in [0.4, 0.5) is 0 Å². The summed E-state index contributed by atoms with van der Waals surface area (Å²) in [5.74, 6) is 0.892. The zero-order chi connectivity index (χ0) is 13.7. The van der Waals surface area contributed by atoms with Crippen molar-refractivity contribution in [3.63, 3.8) is 0 Å². The van der Waals surface area contributed by atoms with E-state index >= 15 is 0 Å². The number of nitrogens with zero attached hydrogens (tertiary/aromatic N) is 1. The van der Waals surface area contributed by atoms with E-state index in [1.165, 1.54) is 32.2 Å². The van der Waals surface area contributed by atoms with Gasteiger partial charge in [-0.15, -0.1) is 0 Å². The minimum absolute atomic E-state index is 0.869. The van der Waals surface area contributed by atoms with Gasteiger partial charge < -0.3 is 4.90 Å². The van der Waals surface area contributed by atoms with E-state index < -0.39 is 0 Å². The maximum absolute atomic E-state index is 2.50. The molecule has 0 aromatic carbocycles. The number of rotatable bonds is 1. The molecule has 0 spiro atoms. The largest absolute Gasteiger partial charge is 0.374 e. The molecule has 0 aromatic rings. The van der Waals surface area contributed by atoms with Crippen molar-refractivity contribution in [1.82, 2.24) is 4.90 Å². The Hall–Kier alpha value is -0.460. The lowest BCUT2D eigenvalue weighted by atomic mass is 9.86. The molecule has 1 aliphatic heterocycles. The van der Waals surface area contributed by atoms with E-state index in [1.807, 2.05) is 41.5 Å². The zero-order valence-corrected chi connectivity index (χ0v) is 13.3. The molecule has 0 amide bonds. The predicted octanol–water partition coefficient (Wildman–Crippen LogP) is 5.47. The Morgan fingerprint density at radius 2 is 1.47 bits per heavy atom. The number of fused-ring (bicyclic) bond motifs is 1. The van der Waals surface area contributed by atoms with Crippen LogP contribution in [-0.2, 0) is 0 Å². The van der Waals surface area contributed by atoms with Gasteiger partial charge in [-0.3, -0.25) is 0 Å². The third-order valence-electron chi connectivity index (χ3n) is 3.10. The highest BCUT2D eigenvalue weighted by Gasteiger charge is 2.29. The van der Waals surface area contributed by atoms with Crippen molar-refractivity contribution in [1.29, 1.82) is 0 Å². The van der Waals surface area contributed by atoms with Crippen LogP contribution in [-0.4, -0.2) is 17.5 Å². The molecule has 1 heterocycles. The molecule has 0 bridgehead atoms. The summed E-state index contributed by atoms with van der Waals surface area (Å²) in [6, 6.07) is 0.869. The highest BCUT2D eigenvalue weighted by molar-refractivity contribution is 5.05. The molecule has 1 heteroatoms. The van der Waals surface area contributed by atoms with Gasteiger partial charge in [0, 0.05) is 12.6 Å². The Morgan fingerprint density at radius 3 is 2.00 bits per heavy atom. The highest BCUT2D eigenvalue weighted by atomic mass is 15.2. The first-order chi connectivity index (χ1) is 8.42. The van der Waals surface area contributed by atoms with Crippen molar-refractivity contribution in [3.05, 3.63) is 12.3 Å². The second-order valence-electron chi connectivity index (χ2n) is 3.69. The Bertz CT molecular complexity index is 155. The van der Waals surface area contributed by atoms with Crippen molar-refractivity contribution in [2.24, 2.45) is 5.92 Å². The van der Waals surface area contributed by atoms with Crippen molar-refractivity contribution >= 4 is 0 Å². The maximum atomic E-state index is 2.50. The van der Waals surface area contributed by atoms with Crippen LogP contribution in [0, 0.1) is 5.92 Å². The van der Waals surface area contributed by atoms with Gasteiger partial charge in [-0.25, -0.2) is 0 Å². The predicted molar refractivity (Wildman–Crippen MR) is 81.3 cm³/mol. The van der Waals surface area contributed by atoms with Gasteiger partial charge in [-0.1, -0.05) is 60.5 Å². The Balaban J connectivity index is 0. The van der Waals surface area contributed by atoms with Gasteiger partial charge in [0.25, 0.3) is 0 Å². The van der Waals surface area contributed by atoms with E-state index in [9.17, 15) is 0 Å². The lowest BCUT2D eigenvalue weighted by molar-refractivity contribution is 0.210. The number of hydrogen-bond donors (Lipinski definition) is 0. The Labute approximate surface area is 110 Å². The summed E-state index contributed by atoms with van der Waals surface area (Å²) >= 11 is 0. The molecule has 2 unspecified atom stereocenters. The van der Waals surface area contributed by atoms with Crippen LogP contribution in [0.3, 0.4) is 0 Å². The van der Waals surface area contributed by atoms with E-state index in [0.29, 0.717) is 0 Å². The smallest absolute Gasteiger partial charge is 0.0347 e. The Kier molecular flexibility index (Phi) is 15.1. The molecule has 1 nitrogen and oxygen atoms in total. The summed E-state index contributed by atoms with van der Waals surface area (Å²) in [7, 11) is 0. The maximum Gasteiger partial charge on any atom is 0.0347 e. The van der Waals surface area contributed by atoms with Crippen molar-refractivity contribution < 1.29 is 0 Å². The van der Waals surface area contributed by atoms with Gasteiger partial charge in [-0.2, -0.15) is 0 Å². The molecule has 104 valence electrons. The summed E-state index contributed by atoms with van der Waals surface area (Å²) in [5, 5.41) is 0. The number of hydrogen-bond acceptors (Lipinski definition) is 1. The second kappa shape index (κ2) is 13.6. The van der Waals surface area contributed by atoms with Crippen LogP contribution in [0.1, 0.15) is 74.1 Å². The second-order valence-corrected chi connectivity index (χ2v) is 3.69. The molecule has 0 N–H and O–H groups in total. The van der Waals surface area contributed by atoms with Crippen LogP contribution in [0.15, 0.2) is 12.3 Å². The molecule has 1 fully saturated rings. The van der Waals surface area contributed by atoms with E-state index in [2.05, 4.69) is 24.1 Å². The minimum Gasteiger partial charge on any atom is -0.374 e. The standard InChI is InChI=1S/C10H17N.3C2H6/c1-2-11-8-7-9-5-3-4-6-10(9)11;3*1-2/h7-10H,2-6H2,1H3;3*1-2H3. The molecule has 1 saturated carbocycles. The minimum atomic E-state index is 0.869. The lowest BCUT2D eigenvalue weighted by Crippen LogP contribution is -2.33. The molecule has 1 aliphatic carbocycles. The van der Waals surface area contributed by atoms with Gasteiger partial charge in [0.15, 0.2) is 0 Å². The first-order valence-corrected chi connectivity index (χ1v) is 7.86. The molecule has 0 saturated heterocycles. The molecular weight excluding hydrogens is 206 g/mol. The van der Waals surface area contributed by atoms with Crippen molar-refractivity contribution in [2.75, 3.05) is 6.54 Å². The van der Waals surface area contributed by atoms with Crippen LogP contribution in [0.5, 0.6) is 0 Å². The van der Waals surface area contributed by atoms with E-state index in [1.54, 1.807) is 0 Å². The van der Waals surface area contributed by atoms with Crippen molar-refractivity contribution in [3.8, 4) is 0 Å². The quantitative estimate of drug-likeness (QED) is 0.588. The van der Waals surface area contributed by atoms with E-state index in [-0.39, 0.29) is 0 Å². The third-order valence-corrected chi connectivity index (χ3v) is 3.10. The lowest BCUT2D eigenvalue weighted by Gasteiger charge is -2.32. The molecule has 0 radical (unpaired) electrons. The first-order valence-electron chi connectivity index (χ1n) is 7.86. The summed E-state index contributed by atoms with van der Waals surface area (Å²) < 4.78 is 0. The van der Waals surface area contributed by atoms with E-state index in [4.69, 9.17) is 0 Å². The third kappa shape index (κ3) is 6.14. The first kappa shape index (κ1) is 18.9. The summed E-state index contributed by atoms with van der Waals surface area (Å²) in [4.78, 5) is 2.50. The van der Waals surface area contributed by atoms with Gasteiger partial charge in [0.2, 0.25) is 0 Å². The van der Waals surface area contributed by atoms with Crippen molar-refractivity contribution in [2.45, 2.75) is 80.2 Å². The Morgan fingerprint density at radius 1 is 0.941 bits per heavy atom. The average Bonchev–Trinajstić information content (AvgIpc) is 2.88. The molecule has 17 heavy (non-hydrogen) atoms. The summed E-state index contributed by atoms with van der Waals surface area (Å²) in [6.07, 6.45) is 10.5. The van der Waals surface area contributed by atoms with E-state index in [0.717, 1.165) is 12.0 Å². The SMILES string of the molecule is CC.CC.CC.CCN1C=CC2CCCCC21. The monoisotopic (exact) mass is 241 g/mol. The zero-order valence-electron chi connectivity index (χ0n) is 13.3. The van der Waals surface area contributed by atoms with Gasteiger partial charge in [-0.05, 0) is 31.9 Å². The molecule has 2 atom stereocenters. The van der Waals surface area contributed by atoms with Crippen LogP contribution >= 0.6 is 0 Å². The van der Waals surface area contributed by atoms with Gasteiger partial charge in [0.1, 0.15) is 0 Å². The normalized spacial score (nSPS) is 24.3. The fourth-order valence-electron chi connectivity index (χ4n) is 2.45. The summed E-state index contributed by atoms with van der Waals surface area (Å²) in [6.45, 7) is 15.4. The molecule has 2 aliphatic rings. The van der Waals surface area contributed by atoms with Crippen LogP contribution < -0.4 is 0 Å². The van der Waals surface area contributed by atoms with Crippen LogP contribution in [0.2, 0.25) is 0 Å². The fourth-order valence-corrected chi connectivity index (χ4v) is 2.45. The fraction of sp³-hybridized carbons (Fsp3) is 0.875. The topological polar surface area (TPSA) is 3.24 Å².